The van der Waals surface area contributed by atoms with Crippen LogP contribution in [0.2, 0.25) is 0 Å². The number of likely N-dealkylation sites (N-methyl/N-ethyl adjacent to an activating group) is 1. The molecule has 0 aliphatic carbocycles. The van der Waals surface area contributed by atoms with Crippen LogP contribution in [0.25, 0.3) is 0 Å². The van der Waals surface area contributed by atoms with Crippen LogP contribution in [-0.2, 0) is 11.2 Å². The molecule has 1 aromatic rings. The molecule has 0 radical (unpaired) electrons. The Morgan fingerprint density at radius 3 is 2.89 bits per heavy atom. The first kappa shape index (κ1) is 14.6. The lowest BCUT2D eigenvalue weighted by Gasteiger charge is -2.22. The van der Waals surface area contributed by atoms with Crippen LogP contribution in [0, 0.1) is 5.92 Å². The third-order valence-electron chi connectivity index (χ3n) is 3.13. The summed E-state index contributed by atoms with van der Waals surface area (Å²) in [6.07, 6.45) is 5.34. The fourth-order valence-electron chi connectivity index (χ4n) is 1.92. The molecule has 0 aliphatic rings. The first-order valence-electron chi connectivity index (χ1n) is 6.47. The Labute approximate surface area is 109 Å². The van der Waals surface area contributed by atoms with Crippen LogP contribution >= 0.6 is 0 Å². The summed E-state index contributed by atoms with van der Waals surface area (Å²) >= 11 is 0. The second-order valence-electron chi connectivity index (χ2n) is 4.53. The van der Waals surface area contributed by atoms with E-state index in [0.29, 0.717) is 0 Å². The molecule has 100 valence electrons. The van der Waals surface area contributed by atoms with Gasteiger partial charge in [0.15, 0.2) is 0 Å². The van der Waals surface area contributed by atoms with Crippen LogP contribution in [-0.4, -0.2) is 43.0 Å². The van der Waals surface area contributed by atoms with Crippen LogP contribution in [0.1, 0.15) is 18.9 Å². The van der Waals surface area contributed by atoms with Crippen molar-refractivity contribution >= 4 is 5.91 Å². The van der Waals surface area contributed by atoms with E-state index in [2.05, 4.69) is 17.2 Å². The van der Waals surface area contributed by atoms with Gasteiger partial charge in [-0.1, -0.05) is 13.0 Å². The third-order valence-corrected chi connectivity index (χ3v) is 3.13. The van der Waals surface area contributed by atoms with Crippen molar-refractivity contribution in [2.75, 3.05) is 27.2 Å². The molecule has 0 aromatic carbocycles. The van der Waals surface area contributed by atoms with Crippen molar-refractivity contribution in [1.82, 2.24) is 15.2 Å². The Bertz CT molecular complexity index is 353. The first-order valence-corrected chi connectivity index (χ1v) is 6.47. The number of carbonyl (C=O) groups excluding carboxylic acids is 1. The predicted octanol–water partition coefficient (Wildman–Crippen LogP) is 1.33. The van der Waals surface area contributed by atoms with Crippen LogP contribution in [0.15, 0.2) is 24.5 Å². The normalized spacial score (nSPS) is 12.2. The number of aromatic nitrogens is 1. The van der Waals surface area contributed by atoms with Crippen molar-refractivity contribution in [3.05, 3.63) is 30.1 Å². The van der Waals surface area contributed by atoms with Gasteiger partial charge in [-0.3, -0.25) is 9.78 Å². The standard InChI is InChI=1S/C14H23N3O/c1-4-13(11-15-2)14(18)17(3)9-7-12-6-5-8-16-10-12/h5-6,8,10,13,15H,4,7,9,11H2,1-3H3. The molecule has 0 saturated carbocycles. The lowest BCUT2D eigenvalue weighted by atomic mass is 10.0. The predicted molar refractivity (Wildman–Crippen MR) is 73.3 cm³/mol. The second-order valence-corrected chi connectivity index (χ2v) is 4.53. The Balaban J connectivity index is 2.44. The number of pyridine rings is 1. The highest BCUT2D eigenvalue weighted by atomic mass is 16.2. The first-order chi connectivity index (χ1) is 8.69. The number of nitrogens with zero attached hydrogens (tertiary/aromatic N) is 2. The SMILES string of the molecule is CCC(CNC)C(=O)N(C)CCc1cccnc1. The number of nitrogens with one attached hydrogen (secondary N) is 1. The molecule has 4 nitrogen and oxygen atoms in total. The molecule has 0 bridgehead atoms. The van der Waals surface area contributed by atoms with E-state index in [-0.39, 0.29) is 11.8 Å². The Morgan fingerprint density at radius 2 is 2.33 bits per heavy atom. The van der Waals surface area contributed by atoms with E-state index >= 15 is 0 Å². The van der Waals surface area contributed by atoms with Gasteiger partial charge in [-0.25, -0.2) is 0 Å². The molecule has 0 aliphatic heterocycles. The highest BCUT2D eigenvalue weighted by molar-refractivity contribution is 5.78. The van der Waals surface area contributed by atoms with Gasteiger partial charge in [0.1, 0.15) is 0 Å². The molecule has 0 spiro atoms. The van der Waals surface area contributed by atoms with Crippen LogP contribution in [0.5, 0.6) is 0 Å². The minimum Gasteiger partial charge on any atom is -0.345 e. The van der Waals surface area contributed by atoms with Crippen molar-refractivity contribution < 1.29 is 4.79 Å². The molecule has 1 unspecified atom stereocenters. The summed E-state index contributed by atoms with van der Waals surface area (Å²) in [7, 11) is 3.75. The van der Waals surface area contributed by atoms with Gasteiger partial charge in [0.05, 0.1) is 5.92 Å². The van der Waals surface area contributed by atoms with E-state index < -0.39 is 0 Å². The molecule has 1 heterocycles. The maximum Gasteiger partial charge on any atom is 0.226 e. The Hall–Kier alpha value is -1.42. The summed E-state index contributed by atoms with van der Waals surface area (Å²) in [5.74, 6) is 0.296. The van der Waals surface area contributed by atoms with Gasteiger partial charge < -0.3 is 10.2 Å². The lowest BCUT2D eigenvalue weighted by Crippen LogP contribution is -2.38. The molecule has 1 atom stereocenters. The summed E-state index contributed by atoms with van der Waals surface area (Å²) < 4.78 is 0. The summed E-state index contributed by atoms with van der Waals surface area (Å²) in [6.45, 7) is 3.53. The maximum atomic E-state index is 12.2. The molecule has 0 fully saturated rings. The van der Waals surface area contributed by atoms with E-state index in [4.69, 9.17) is 0 Å². The zero-order valence-corrected chi connectivity index (χ0v) is 11.5. The summed E-state index contributed by atoms with van der Waals surface area (Å²) in [5, 5.41) is 3.07. The highest BCUT2D eigenvalue weighted by Gasteiger charge is 2.19. The average Bonchev–Trinajstić information content (AvgIpc) is 2.42. The van der Waals surface area contributed by atoms with E-state index in [1.165, 1.54) is 5.56 Å². The quantitative estimate of drug-likeness (QED) is 0.793. The third kappa shape index (κ3) is 4.45. The average molecular weight is 249 g/mol. The molecule has 18 heavy (non-hydrogen) atoms. The number of hydrogen-bond donors (Lipinski definition) is 1. The summed E-state index contributed by atoms with van der Waals surface area (Å²) in [6, 6.07) is 3.96. The van der Waals surface area contributed by atoms with Crippen molar-refractivity contribution in [3.63, 3.8) is 0 Å². The molecular weight excluding hydrogens is 226 g/mol. The van der Waals surface area contributed by atoms with E-state index in [9.17, 15) is 4.79 Å². The van der Waals surface area contributed by atoms with Crippen LogP contribution < -0.4 is 5.32 Å². The van der Waals surface area contributed by atoms with Crippen molar-refractivity contribution in [2.24, 2.45) is 5.92 Å². The van der Waals surface area contributed by atoms with Crippen LogP contribution in [0.4, 0.5) is 0 Å². The minimum atomic E-state index is 0.0777. The number of carbonyl (C=O) groups is 1. The van der Waals surface area contributed by atoms with Gasteiger partial charge in [0.2, 0.25) is 5.91 Å². The smallest absolute Gasteiger partial charge is 0.226 e. The molecule has 1 amide bonds. The summed E-state index contributed by atoms with van der Waals surface area (Å²) in [5.41, 5.74) is 1.17. The zero-order chi connectivity index (χ0) is 13.4. The molecular formula is C14H23N3O. The van der Waals surface area contributed by atoms with Crippen LogP contribution in [0.3, 0.4) is 0 Å². The zero-order valence-electron chi connectivity index (χ0n) is 11.5. The largest absolute Gasteiger partial charge is 0.345 e. The second kappa shape index (κ2) is 7.82. The maximum absolute atomic E-state index is 12.2. The molecule has 4 heteroatoms. The van der Waals surface area contributed by atoms with Gasteiger partial charge in [0.25, 0.3) is 0 Å². The Kier molecular flexibility index (Phi) is 6.36. The van der Waals surface area contributed by atoms with E-state index in [1.807, 2.05) is 37.3 Å². The molecule has 1 aromatic heterocycles. The topological polar surface area (TPSA) is 45.2 Å². The van der Waals surface area contributed by atoms with Gasteiger partial charge in [-0.05, 0) is 31.5 Å². The monoisotopic (exact) mass is 249 g/mol. The van der Waals surface area contributed by atoms with Gasteiger partial charge in [0, 0.05) is 32.5 Å². The van der Waals surface area contributed by atoms with Gasteiger partial charge in [-0.15, -0.1) is 0 Å². The molecule has 0 saturated heterocycles. The molecule has 1 N–H and O–H groups in total. The number of rotatable bonds is 7. The summed E-state index contributed by atoms with van der Waals surface area (Å²) in [4.78, 5) is 18.0. The fourth-order valence-corrected chi connectivity index (χ4v) is 1.92. The number of hydrogen-bond acceptors (Lipinski definition) is 3. The molecule has 1 rings (SSSR count). The van der Waals surface area contributed by atoms with E-state index in [1.54, 1.807) is 6.20 Å². The lowest BCUT2D eigenvalue weighted by molar-refractivity contribution is -0.134. The van der Waals surface area contributed by atoms with Crippen molar-refractivity contribution in [1.29, 1.82) is 0 Å². The number of amides is 1. The van der Waals surface area contributed by atoms with Gasteiger partial charge in [-0.2, -0.15) is 0 Å². The minimum absolute atomic E-state index is 0.0777. The fraction of sp³-hybridized carbons (Fsp3) is 0.571. The van der Waals surface area contributed by atoms with Gasteiger partial charge >= 0.3 is 0 Å². The van der Waals surface area contributed by atoms with Crippen molar-refractivity contribution in [2.45, 2.75) is 19.8 Å². The van der Waals surface area contributed by atoms with E-state index in [0.717, 1.165) is 25.9 Å². The van der Waals surface area contributed by atoms with Crippen molar-refractivity contribution in [3.8, 4) is 0 Å². The highest BCUT2D eigenvalue weighted by Crippen LogP contribution is 2.07. The Morgan fingerprint density at radius 1 is 1.56 bits per heavy atom.